The first-order valence-corrected chi connectivity index (χ1v) is 7.99. The second-order valence-electron chi connectivity index (χ2n) is 4.62. The van der Waals surface area contributed by atoms with E-state index < -0.39 is 27.2 Å². The summed E-state index contributed by atoms with van der Waals surface area (Å²) in [4.78, 5) is 0. The minimum atomic E-state index is -3.57. The van der Waals surface area contributed by atoms with Crippen molar-refractivity contribution in [1.29, 1.82) is 0 Å². The second kappa shape index (κ2) is 6.22. The van der Waals surface area contributed by atoms with Crippen molar-refractivity contribution in [3.8, 4) is 5.75 Å². The highest BCUT2D eigenvalue weighted by atomic mass is 32.2. The lowest BCUT2D eigenvalue weighted by molar-refractivity contribution is 0.414. The monoisotopic (exact) mass is 312 g/mol. The molecule has 0 atom stereocenters. The first-order valence-electron chi connectivity index (χ1n) is 6.17. The third-order valence-corrected chi connectivity index (χ3v) is 4.44. The van der Waals surface area contributed by atoms with Crippen LogP contribution in [0, 0.1) is 11.6 Å². The van der Waals surface area contributed by atoms with Gasteiger partial charge in [-0.25, -0.2) is 17.2 Å². The van der Waals surface area contributed by atoms with Crippen molar-refractivity contribution in [2.45, 2.75) is 11.5 Å². The Labute approximate surface area is 122 Å². The fourth-order valence-electron chi connectivity index (χ4n) is 1.94. The van der Waals surface area contributed by atoms with E-state index in [4.69, 9.17) is 4.74 Å². The molecule has 6 heteroatoms. The van der Waals surface area contributed by atoms with Gasteiger partial charge in [0.05, 0.1) is 18.6 Å². The molecule has 0 aliphatic rings. The normalized spacial score (nSPS) is 11.4. The maximum atomic E-state index is 13.5. The Morgan fingerprint density at radius 2 is 1.81 bits per heavy atom. The maximum absolute atomic E-state index is 13.5. The molecule has 21 heavy (non-hydrogen) atoms. The van der Waals surface area contributed by atoms with Crippen molar-refractivity contribution >= 4 is 9.84 Å². The summed E-state index contributed by atoms with van der Waals surface area (Å²) in [6, 6.07) is 9.52. The fourth-order valence-corrected chi connectivity index (χ4v) is 3.44. The molecular weight excluding hydrogens is 298 g/mol. The zero-order chi connectivity index (χ0) is 15.5. The summed E-state index contributed by atoms with van der Waals surface area (Å²) in [5.74, 6) is -1.75. The van der Waals surface area contributed by atoms with Crippen molar-refractivity contribution < 1.29 is 21.9 Å². The van der Waals surface area contributed by atoms with Gasteiger partial charge in [-0.1, -0.05) is 18.2 Å². The highest BCUT2D eigenvalue weighted by Gasteiger charge is 2.16. The number of benzene rings is 2. The molecule has 0 radical (unpaired) electrons. The number of methoxy groups -OCH3 is 1. The molecule has 2 aromatic rings. The minimum Gasteiger partial charge on any atom is -0.497 e. The van der Waals surface area contributed by atoms with Gasteiger partial charge in [-0.3, -0.25) is 0 Å². The number of hydrogen-bond donors (Lipinski definition) is 0. The third kappa shape index (κ3) is 4.26. The van der Waals surface area contributed by atoms with Crippen LogP contribution in [-0.4, -0.2) is 15.5 Å². The van der Waals surface area contributed by atoms with Crippen LogP contribution in [0.3, 0.4) is 0 Å². The average Bonchev–Trinajstić information content (AvgIpc) is 2.41. The number of sulfone groups is 1. The predicted octanol–water partition coefficient (Wildman–Crippen LogP) is 3.09. The molecule has 0 fully saturated rings. The summed E-state index contributed by atoms with van der Waals surface area (Å²) in [5, 5.41) is 0. The topological polar surface area (TPSA) is 43.4 Å². The Kier molecular flexibility index (Phi) is 4.57. The quantitative estimate of drug-likeness (QED) is 0.852. The molecule has 2 rings (SSSR count). The van der Waals surface area contributed by atoms with Crippen LogP contribution in [0.2, 0.25) is 0 Å². The molecule has 0 saturated heterocycles. The summed E-state index contributed by atoms with van der Waals surface area (Å²) in [6.45, 7) is 0. The van der Waals surface area contributed by atoms with Gasteiger partial charge in [0.1, 0.15) is 17.4 Å². The Bertz CT molecular complexity index is 742. The van der Waals surface area contributed by atoms with Crippen LogP contribution >= 0.6 is 0 Å². The van der Waals surface area contributed by atoms with Gasteiger partial charge in [0.25, 0.3) is 0 Å². The zero-order valence-corrected chi connectivity index (χ0v) is 12.2. The molecule has 3 nitrogen and oxygen atoms in total. The van der Waals surface area contributed by atoms with Crippen molar-refractivity contribution in [2.75, 3.05) is 7.11 Å². The number of rotatable bonds is 5. The third-order valence-electron chi connectivity index (χ3n) is 2.91. The predicted molar refractivity (Wildman–Crippen MR) is 75.7 cm³/mol. The van der Waals surface area contributed by atoms with E-state index in [-0.39, 0.29) is 11.3 Å². The summed E-state index contributed by atoms with van der Waals surface area (Å²) in [6.07, 6.45) is 0. The van der Waals surface area contributed by atoms with Gasteiger partial charge in [0, 0.05) is 11.6 Å². The Morgan fingerprint density at radius 3 is 2.48 bits per heavy atom. The van der Waals surface area contributed by atoms with Crippen molar-refractivity contribution in [3.63, 3.8) is 0 Å². The van der Waals surface area contributed by atoms with E-state index in [9.17, 15) is 17.2 Å². The van der Waals surface area contributed by atoms with Gasteiger partial charge in [0.15, 0.2) is 9.84 Å². The van der Waals surface area contributed by atoms with Crippen molar-refractivity contribution in [2.24, 2.45) is 0 Å². The van der Waals surface area contributed by atoms with Crippen LogP contribution < -0.4 is 4.74 Å². The van der Waals surface area contributed by atoms with E-state index in [1.807, 2.05) is 0 Å². The van der Waals surface area contributed by atoms with Crippen LogP contribution in [0.25, 0.3) is 0 Å². The van der Waals surface area contributed by atoms with Crippen molar-refractivity contribution in [1.82, 2.24) is 0 Å². The molecule has 2 aromatic carbocycles. The standard InChI is InChI=1S/C15H14F2O3S/c1-20-14-4-2-3-11(7-14)9-21(18,19)10-12-5-6-13(16)8-15(12)17/h2-8H,9-10H2,1H3. The lowest BCUT2D eigenvalue weighted by atomic mass is 10.2. The number of ether oxygens (including phenoxy) is 1. The summed E-state index contributed by atoms with van der Waals surface area (Å²) in [5.41, 5.74) is 0.510. The van der Waals surface area contributed by atoms with Gasteiger partial charge < -0.3 is 4.74 Å². The van der Waals surface area contributed by atoms with E-state index in [0.29, 0.717) is 17.4 Å². The summed E-state index contributed by atoms with van der Waals surface area (Å²) < 4.78 is 55.6. The molecule has 0 N–H and O–H groups in total. The van der Waals surface area contributed by atoms with Crippen LogP contribution in [0.1, 0.15) is 11.1 Å². The van der Waals surface area contributed by atoms with E-state index in [2.05, 4.69) is 0 Å². The molecule has 0 bridgehead atoms. The van der Waals surface area contributed by atoms with Crippen LogP contribution in [0.4, 0.5) is 8.78 Å². The highest BCUT2D eigenvalue weighted by molar-refractivity contribution is 7.89. The lowest BCUT2D eigenvalue weighted by Gasteiger charge is -2.07. The molecule has 0 aliphatic heterocycles. The van der Waals surface area contributed by atoms with E-state index >= 15 is 0 Å². The first kappa shape index (κ1) is 15.4. The molecule has 0 aromatic heterocycles. The maximum Gasteiger partial charge on any atom is 0.158 e. The van der Waals surface area contributed by atoms with Crippen LogP contribution in [-0.2, 0) is 21.3 Å². The molecular formula is C15H14F2O3S. The largest absolute Gasteiger partial charge is 0.497 e. The van der Waals surface area contributed by atoms with E-state index in [0.717, 1.165) is 12.1 Å². The van der Waals surface area contributed by atoms with E-state index in [1.54, 1.807) is 24.3 Å². The van der Waals surface area contributed by atoms with Gasteiger partial charge in [-0.2, -0.15) is 0 Å². The van der Waals surface area contributed by atoms with E-state index in [1.165, 1.54) is 7.11 Å². The van der Waals surface area contributed by atoms with Gasteiger partial charge in [-0.15, -0.1) is 0 Å². The summed E-state index contributed by atoms with van der Waals surface area (Å²) in [7, 11) is -2.08. The molecule has 0 spiro atoms. The molecule has 0 saturated carbocycles. The number of halogens is 2. The molecule has 0 amide bonds. The smallest absolute Gasteiger partial charge is 0.158 e. The molecule has 0 aliphatic carbocycles. The van der Waals surface area contributed by atoms with Crippen molar-refractivity contribution in [3.05, 3.63) is 65.2 Å². The lowest BCUT2D eigenvalue weighted by Crippen LogP contribution is -2.09. The van der Waals surface area contributed by atoms with Gasteiger partial charge >= 0.3 is 0 Å². The highest BCUT2D eigenvalue weighted by Crippen LogP contribution is 2.19. The molecule has 0 unspecified atom stereocenters. The van der Waals surface area contributed by atoms with Gasteiger partial charge in [0.2, 0.25) is 0 Å². The first-order chi connectivity index (χ1) is 9.89. The minimum absolute atomic E-state index is 0.0423. The average molecular weight is 312 g/mol. The Balaban J connectivity index is 2.18. The Morgan fingerprint density at radius 1 is 1.05 bits per heavy atom. The second-order valence-corrected chi connectivity index (χ2v) is 6.68. The fraction of sp³-hybridized carbons (Fsp3) is 0.200. The van der Waals surface area contributed by atoms with Crippen LogP contribution in [0.15, 0.2) is 42.5 Å². The SMILES string of the molecule is COc1cccc(CS(=O)(=O)Cc2ccc(F)cc2F)c1. The number of hydrogen-bond acceptors (Lipinski definition) is 3. The molecule has 112 valence electrons. The van der Waals surface area contributed by atoms with Crippen LogP contribution in [0.5, 0.6) is 5.75 Å². The molecule has 0 heterocycles. The van der Waals surface area contributed by atoms with Gasteiger partial charge in [-0.05, 0) is 23.8 Å². The Hall–Kier alpha value is -1.95. The zero-order valence-electron chi connectivity index (χ0n) is 11.3. The summed E-state index contributed by atoms with van der Waals surface area (Å²) >= 11 is 0.